The Kier molecular flexibility index (Phi) is 10.6. The fourth-order valence-corrected chi connectivity index (χ4v) is 3.27. The molecule has 4 N–H and O–H groups in total. The highest BCUT2D eigenvalue weighted by atomic mass is 16.4. The minimum absolute atomic E-state index is 0.0552. The van der Waals surface area contributed by atoms with Crippen molar-refractivity contribution < 1.29 is 53.3 Å². The smallest absolute Gasteiger partial charge is 0.326 e. The van der Waals surface area contributed by atoms with E-state index in [0.717, 1.165) is 6.08 Å². The predicted molar refractivity (Wildman–Crippen MR) is 127 cm³/mol. The molecular formula is C25H24N2O11. The summed E-state index contributed by atoms with van der Waals surface area (Å²) in [5, 5.41) is 29.5. The molecular weight excluding hydrogens is 504 g/mol. The van der Waals surface area contributed by atoms with Crippen molar-refractivity contribution in [3.05, 3.63) is 72.2 Å². The van der Waals surface area contributed by atoms with E-state index in [0.29, 0.717) is 11.0 Å². The molecule has 1 aromatic heterocycles. The Balaban J connectivity index is 2.46. The number of carboxylic acids is 3. The van der Waals surface area contributed by atoms with E-state index in [4.69, 9.17) is 14.6 Å². The zero-order valence-electron chi connectivity index (χ0n) is 19.8. The second-order valence-electron chi connectivity index (χ2n) is 7.83. The number of furan rings is 1. The van der Waals surface area contributed by atoms with Crippen molar-refractivity contribution in [1.29, 1.82) is 0 Å². The van der Waals surface area contributed by atoms with Gasteiger partial charge in [-0.05, 0) is 43.2 Å². The van der Waals surface area contributed by atoms with Gasteiger partial charge in [-0.3, -0.25) is 33.7 Å². The third-order valence-corrected chi connectivity index (χ3v) is 5.13. The van der Waals surface area contributed by atoms with Gasteiger partial charge in [0.2, 0.25) is 11.7 Å². The lowest BCUT2D eigenvalue weighted by atomic mass is 10.0. The predicted octanol–water partition coefficient (Wildman–Crippen LogP) is 1.36. The van der Waals surface area contributed by atoms with E-state index >= 15 is 0 Å². The number of ketones is 1. The van der Waals surface area contributed by atoms with Crippen LogP contribution in [0.15, 0.2) is 65.3 Å². The lowest BCUT2D eigenvalue weighted by Gasteiger charge is -2.29. The number of allylic oxidation sites excluding steroid dienone is 1. The SMILES string of the molecule is O=C(O)CC[C@H](NC(=O)[C@H](CCC(=O)O)N(C(=O)C=CC(=O)c1ccco1)C(=O)c1ccccc1)C(=O)O. The molecule has 13 nitrogen and oxygen atoms in total. The van der Waals surface area contributed by atoms with Crippen LogP contribution in [0.3, 0.4) is 0 Å². The molecule has 2 atom stereocenters. The van der Waals surface area contributed by atoms with Crippen LogP contribution >= 0.6 is 0 Å². The van der Waals surface area contributed by atoms with Crippen molar-refractivity contribution in [3.63, 3.8) is 0 Å². The Bertz CT molecular complexity index is 1220. The van der Waals surface area contributed by atoms with Gasteiger partial charge < -0.3 is 25.1 Å². The average Bonchev–Trinajstić information content (AvgIpc) is 3.42. The van der Waals surface area contributed by atoms with Gasteiger partial charge in [0.1, 0.15) is 12.1 Å². The number of amides is 3. The Labute approximate surface area is 215 Å². The number of aliphatic carboxylic acids is 3. The summed E-state index contributed by atoms with van der Waals surface area (Å²) in [4.78, 5) is 86.0. The summed E-state index contributed by atoms with van der Waals surface area (Å²) in [5.74, 6) is -8.50. The molecule has 0 saturated carbocycles. The Morgan fingerprint density at radius 3 is 2.03 bits per heavy atom. The summed E-state index contributed by atoms with van der Waals surface area (Å²) < 4.78 is 4.94. The molecule has 0 aliphatic heterocycles. The molecule has 0 aliphatic rings. The minimum Gasteiger partial charge on any atom is -0.481 e. The molecule has 1 heterocycles. The van der Waals surface area contributed by atoms with Crippen molar-refractivity contribution in [3.8, 4) is 0 Å². The zero-order chi connectivity index (χ0) is 28.2. The van der Waals surface area contributed by atoms with Crippen LogP contribution in [0.25, 0.3) is 0 Å². The molecule has 13 heteroatoms. The Hall–Kier alpha value is -5.07. The molecule has 38 heavy (non-hydrogen) atoms. The van der Waals surface area contributed by atoms with Crippen molar-refractivity contribution in [2.24, 2.45) is 0 Å². The highest BCUT2D eigenvalue weighted by Crippen LogP contribution is 2.16. The summed E-state index contributed by atoms with van der Waals surface area (Å²) in [5.41, 5.74) is -0.0552. The number of carbonyl (C=O) groups excluding carboxylic acids is 4. The van der Waals surface area contributed by atoms with E-state index in [-0.39, 0.29) is 11.3 Å². The van der Waals surface area contributed by atoms with Crippen LogP contribution in [-0.4, -0.2) is 73.7 Å². The number of carboxylic acid groups (broad SMARTS) is 3. The quantitative estimate of drug-likeness (QED) is 0.203. The van der Waals surface area contributed by atoms with E-state index in [1.165, 1.54) is 42.7 Å². The number of nitrogens with zero attached hydrogens (tertiary/aromatic N) is 1. The number of carbonyl (C=O) groups is 7. The lowest BCUT2D eigenvalue weighted by molar-refractivity contribution is -0.145. The fourth-order valence-electron chi connectivity index (χ4n) is 3.27. The standard InChI is InChI=1S/C25H24N2O11/c28-18(19-7-4-14-38-19)10-11-20(29)27(24(35)15-5-2-1-3-6-15)17(9-13-22(32)33)23(34)26-16(25(36)37)8-12-21(30)31/h1-7,10-11,14,16-17H,8-9,12-13H2,(H,26,34)(H,30,31)(H,32,33)(H,36,37)/t16-,17-/m0/s1. The van der Waals surface area contributed by atoms with Crippen LogP contribution in [0, 0.1) is 0 Å². The maximum Gasteiger partial charge on any atom is 0.326 e. The minimum atomic E-state index is -1.82. The Morgan fingerprint density at radius 2 is 1.47 bits per heavy atom. The highest BCUT2D eigenvalue weighted by Gasteiger charge is 2.36. The normalized spacial score (nSPS) is 12.3. The highest BCUT2D eigenvalue weighted by molar-refractivity contribution is 6.13. The molecule has 0 radical (unpaired) electrons. The van der Waals surface area contributed by atoms with Crippen molar-refractivity contribution in [2.75, 3.05) is 0 Å². The molecule has 1 aromatic carbocycles. The maximum absolute atomic E-state index is 13.3. The van der Waals surface area contributed by atoms with Crippen LogP contribution in [0.2, 0.25) is 0 Å². The molecule has 0 bridgehead atoms. The summed E-state index contributed by atoms with van der Waals surface area (Å²) in [6.45, 7) is 0. The number of imide groups is 1. The molecule has 0 unspecified atom stereocenters. The van der Waals surface area contributed by atoms with Crippen molar-refractivity contribution >= 4 is 41.4 Å². The zero-order valence-corrected chi connectivity index (χ0v) is 19.8. The second kappa shape index (κ2) is 13.9. The second-order valence-corrected chi connectivity index (χ2v) is 7.83. The van der Waals surface area contributed by atoms with E-state index in [1.807, 2.05) is 0 Å². The van der Waals surface area contributed by atoms with Gasteiger partial charge in [0.25, 0.3) is 11.8 Å². The van der Waals surface area contributed by atoms with Gasteiger partial charge in [-0.1, -0.05) is 18.2 Å². The van der Waals surface area contributed by atoms with Gasteiger partial charge in [0.05, 0.1) is 6.26 Å². The molecule has 0 spiro atoms. The number of hydrogen-bond donors (Lipinski definition) is 4. The molecule has 0 saturated heterocycles. The van der Waals surface area contributed by atoms with Gasteiger partial charge in [-0.2, -0.15) is 0 Å². The van der Waals surface area contributed by atoms with Crippen LogP contribution in [0.5, 0.6) is 0 Å². The van der Waals surface area contributed by atoms with Crippen LogP contribution in [0.4, 0.5) is 0 Å². The molecule has 200 valence electrons. The first-order chi connectivity index (χ1) is 18.0. The summed E-state index contributed by atoms with van der Waals surface area (Å²) in [6, 6.07) is 6.44. The van der Waals surface area contributed by atoms with Gasteiger partial charge in [0, 0.05) is 24.5 Å². The first-order valence-corrected chi connectivity index (χ1v) is 11.2. The summed E-state index contributed by atoms with van der Waals surface area (Å²) in [7, 11) is 0. The molecule has 0 fully saturated rings. The summed E-state index contributed by atoms with van der Waals surface area (Å²) in [6.07, 6.45) is 0.310. The largest absolute Gasteiger partial charge is 0.481 e. The monoisotopic (exact) mass is 528 g/mol. The van der Waals surface area contributed by atoms with Gasteiger partial charge in [-0.15, -0.1) is 0 Å². The van der Waals surface area contributed by atoms with Crippen molar-refractivity contribution in [1.82, 2.24) is 10.2 Å². The molecule has 2 aromatic rings. The first-order valence-electron chi connectivity index (χ1n) is 11.2. The topological polar surface area (TPSA) is 209 Å². The van der Waals surface area contributed by atoms with E-state index < -0.39 is 79.2 Å². The number of rotatable bonds is 14. The Morgan fingerprint density at radius 1 is 0.842 bits per heavy atom. The molecule has 2 rings (SSSR count). The lowest BCUT2D eigenvalue weighted by Crippen LogP contribution is -2.55. The number of hydrogen-bond acceptors (Lipinski definition) is 8. The van der Waals surface area contributed by atoms with Gasteiger partial charge in [-0.25, -0.2) is 4.79 Å². The van der Waals surface area contributed by atoms with Gasteiger partial charge in [0.15, 0.2) is 5.76 Å². The first kappa shape index (κ1) is 29.2. The maximum atomic E-state index is 13.3. The third-order valence-electron chi connectivity index (χ3n) is 5.13. The van der Waals surface area contributed by atoms with Gasteiger partial charge >= 0.3 is 17.9 Å². The van der Waals surface area contributed by atoms with E-state index in [2.05, 4.69) is 5.32 Å². The fraction of sp³-hybridized carbons (Fsp3) is 0.240. The third kappa shape index (κ3) is 8.55. The van der Waals surface area contributed by atoms with E-state index in [1.54, 1.807) is 6.07 Å². The average molecular weight is 528 g/mol. The van der Waals surface area contributed by atoms with Crippen LogP contribution in [0.1, 0.15) is 46.6 Å². The summed E-state index contributed by atoms with van der Waals surface area (Å²) >= 11 is 0. The molecule has 0 aliphatic carbocycles. The van der Waals surface area contributed by atoms with Crippen LogP contribution < -0.4 is 5.32 Å². The molecule has 3 amide bonds. The van der Waals surface area contributed by atoms with Crippen molar-refractivity contribution in [2.45, 2.75) is 37.8 Å². The number of nitrogens with one attached hydrogen (secondary N) is 1. The number of benzene rings is 1. The van der Waals surface area contributed by atoms with Crippen LogP contribution in [-0.2, 0) is 24.0 Å². The van der Waals surface area contributed by atoms with E-state index in [9.17, 15) is 38.7 Å².